The predicted octanol–water partition coefficient (Wildman–Crippen LogP) is 17.3. The van der Waals surface area contributed by atoms with E-state index in [-0.39, 0.29) is 0 Å². The Labute approximate surface area is 365 Å². The SMILES string of the molecule is c1ccc(-c2ccc(N(c3ccc(-c4ccccc4)cc3)c3ccc(-c4cc(-c5cccc6c5oc5ccccc56)cc5c4oc4c(-c6ccccc6)cccc45)cc3)cc2)cc1. The van der Waals surface area contributed by atoms with Crippen molar-refractivity contribution in [2.75, 3.05) is 4.90 Å². The first kappa shape index (κ1) is 36.5. The van der Waals surface area contributed by atoms with E-state index in [9.17, 15) is 0 Å². The first-order chi connectivity index (χ1) is 31.2. The van der Waals surface area contributed by atoms with Crippen LogP contribution in [0.15, 0.2) is 245 Å². The van der Waals surface area contributed by atoms with Gasteiger partial charge in [0.15, 0.2) is 0 Å². The Kier molecular flexibility index (Phi) is 8.83. The van der Waals surface area contributed by atoms with Crippen molar-refractivity contribution >= 4 is 60.9 Å². The summed E-state index contributed by atoms with van der Waals surface area (Å²) in [5.41, 5.74) is 17.8. The number of benzene rings is 10. The highest BCUT2D eigenvalue weighted by Gasteiger charge is 2.21. The molecule has 0 saturated heterocycles. The second kappa shape index (κ2) is 15.3. The fraction of sp³-hybridized carbons (Fsp3) is 0. The van der Waals surface area contributed by atoms with Gasteiger partial charge in [0, 0.05) is 55.3 Å². The van der Waals surface area contributed by atoms with Crippen LogP contribution >= 0.6 is 0 Å². The summed E-state index contributed by atoms with van der Waals surface area (Å²) in [6.45, 7) is 0. The second-order valence-electron chi connectivity index (χ2n) is 16.0. The van der Waals surface area contributed by atoms with Gasteiger partial charge in [-0.05, 0) is 93.5 Å². The van der Waals surface area contributed by atoms with Crippen molar-refractivity contribution in [2.24, 2.45) is 0 Å². The van der Waals surface area contributed by atoms with Gasteiger partial charge in [-0.15, -0.1) is 0 Å². The molecular weight excluding hydrogens is 767 g/mol. The van der Waals surface area contributed by atoms with E-state index in [2.05, 4.69) is 229 Å². The van der Waals surface area contributed by atoms with Crippen LogP contribution < -0.4 is 4.90 Å². The van der Waals surface area contributed by atoms with Crippen LogP contribution in [0.3, 0.4) is 0 Å². The molecule has 3 nitrogen and oxygen atoms in total. The molecule has 0 radical (unpaired) electrons. The summed E-state index contributed by atoms with van der Waals surface area (Å²) in [4.78, 5) is 2.33. The first-order valence-electron chi connectivity index (χ1n) is 21.4. The molecule has 0 aliphatic carbocycles. The van der Waals surface area contributed by atoms with Gasteiger partial charge in [0.2, 0.25) is 0 Å². The molecule has 0 aliphatic rings. The van der Waals surface area contributed by atoms with Crippen LogP contribution in [0.5, 0.6) is 0 Å². The van der Waals surface area contributed by atoms with Gasteiger partial charge >= 0.3 is 0 Å². The molecular formula is C60H39NO2. The third kappa shape index (κ3) is 6.46. The number of furan rings is 2. The smallest absolute Gasteiger partial charge is 0.143 e. The normalized spacial score (nSPS) is 11.5. The highest BCUT2D eigenvalue weighted by Crippen LogP contribution is 2.45. The van der Waals surface area contributed by atoms with Crippen molar-refractivity contribution in [3.63, 3.8) is 0 Å². The molecule has 2 heterocycles. The van der Waals surface area contributed by atoms with Crippen LogP contribution in [0.1, 0.15) is 0 Å². The van der Waals surface area contributed by atoms with E-state index in [4.69, 9.17) is 8.83 Å². The molecule has 296 valence electrons. The minimum Gasteiger partial charge on any atom is -0.455 e. The lowest BCUT2D eigenvalue weighted by Gasteiger charge is -2.26. The monoisotopic (exact) mass is 805 g/mol. The van der Waals surface area contributed by atoms with Crippen LogP contribution in [0, 0.1) is 0 Å². The Hall–Kier alpha value is -8.40. The van der Waals surface area contributed by atoms with Crippen LogP contribution in [0.2, 0.25) is 0 Å². The maximum absolute atomic E-state index is 7.03. The Bertz CT molecular complexity index is 3490. The van der Waals surface area contributed by atoms with Crippen molar-refractivity contribution in [1.29, 1.82) is 0 Å². The van der Waals surface area contributed by atoms with Crippen molar-refractivity contribution in [1.82, 2.24) is 0 Å². The highest BCUT2D eigenvalue weighted by atomic mass is 16.3. The standard InChI is InChI=1S/C60H39NO2/c1-4-14-40(15-5-1)42-26-32-47(33-27-42)61(48-34-28-43(29-35-48)41-16-6-2-7-17-41)49-36-30-45(31-37-49)55-38-46(51-22-13-23-53-52-20-10-11-25-57(52)62-58(51)53)39-56-54-24-12-21-50(59(54)63-60(55)56)44-18-8-3-9-19-44/h1-39H. The fourth-order valence-corrected chi connectivity index (χ4v) is 9.19. The molecule has 0 unspecified atom stereocenters. The average molecular weight is 806 g/mol. The zero-order valence-corrected chi connectivity index (χ0v) is 34.3. The maximum Gasteiger partial charge on any atom is 0.143 e. The molecule has 3 heteroatoms. The number of para-hydroxylation sites is 3. The lowest BCUT2D eigenvalue weighted by molar-refractivity contribution is 0.669. The summed E-state index contributed by atoms with van der Waals surface area (Å²) in [7, 11) is 0. The molecule has 2 aromatic heterocycles. The van der Waals surface area contributed by atoms with E-state index in [0.29, 0.717) is 0 Å². The van der Waals surface area contributed by atoms with Gasteiger partial charge in [-0.3, -0.25) is 0 Å². The van der Waals surface area contributed by atoms with Crippen LogP contribution in [0.4, 0.5) is 17.1 Å². The van der Waals surface area contributed by atoms with Gasteiger partial charge in [-0.2, -0.15) is 0 Å². The number of nitrogens with zero attached hydrogens (tertiary/aromatic N) is 1. The predicted molar refractivity (Wildman–Crippen MR) is 263 cm³/mol. The van der Waals surface area contributed by atoms with E-state index >= 15 is 0 Å². The summed E-state index contributed by atoms with van der Waals surface area (Å²) in [5.74, 6) is 0. The number of fused-ring (bicyclic) bond motifs is 6. The van der Waals surface area contributed by atoms with Crippen LogP contribution in [0.25, 0.3) is 99.5 Å². The van der Waals surface area contributed by atoms with Crippen molar-refractivity contribution in [2.45, 2.75) is 0 Å². The molecule has 63 heavy (non-hydrogen) atoms. The highest BCUT2D eigenvalue weighted by molar-refractivity contribution is 6.16. The molecule has 12 aromatic rings. The molecule has 0 aliphatic heterocycles. The molecule has 0 bridgehead atoms. The summed E-state index contributed by atoms with van der Waals surface area (Å²) in [6.07, 6.45) is 0. The summed E-state index contributed by atoms with van der Waals surface area (Å²) < 4.78 is 13.6. The van der Waals surface area contributed by atoms with E-state index in [1.807, 2.05) is 12.1 Å². The zero-order chi connectivity index (χ0) is 41.7. The topological polar surface area (TPSA) is 29.5 Å². The Morgan fingerprint density at radius 2 is 0.635 bits per heavy atom. The second-order valence-corrected chi connectivity index (χ2v) is 16.0. The molecule has 0 spiro atoms. The van der Waals surface area contributed by atoms with Crippen molar-refractivity contribution < 1.29 is 8.83 Å². The average Bonchev–Trinajstić information content (AvgIpc) is 3.94. The molecule has 12 rings (SSSR count). The molecule has 10 aromatic carbocycles. The van der Waals surface area contributed by atoms with Gasteiger partial charge in [-0.25, -0.2) is 0 Å². The van der Waals surface area contributed by atoms with Gasteiger partial charge in [0.25, 0.3) is 0 Å². The van der Waals surface area contributed by atoms with E-state index < -0.39 is 0 Å². The van der Waals surface area contributed by atoms with Crippen LogP contribution in [-0.2, 0) is 0 Å². The van der Waals surface area contributed by atoms with Gasteiger partial charge in [0.1, 0.15) is 22.3 Å². The molecule has 0 fully saturated rings. The van der Waals surface area contributed by atoms with Crippen molar-refractivity contribution in [3.8, 4) is 55.6 Å². The molecule has 0 amide bonds. The van der Waals surface area contributed by atoms with Crippen LogP contribution in [-0.4, -0.2) is 0 Å². The van der Waals surface area contributed by atoms with E-state index in [1.54, 1.807) is 0 Å². The third-order valence-electron chi connectivity index (χ3n) is 12.3. The largest absolute Gasteiger partial charge is 0.455 e. The van der Waals surface area contributed by atoms with Gasteiger partial charge < -0.3 is 13.7 Å². The van der Waals surface area contributed by atoms with Gasteiger partial charge in [0.05, 0.1) is 0 Å². The minimum atomic E-state index is 0.853. The first-order valence-corrected chi connectivity index (χ1v) is 21.4. The quantitative estimate of drug-likeness (QED) is 0.153. The Morgan fingerprint density at radius 3 is 1.21 bits per heavy atom. The molecule has 0 N–H and O–H groups in total. The maximum atomic E-state index is 7.03. The van der Waals surface area contributed by atoms with E-state index in [0.717, 1.165) is 94.3 Å². The summed E-state index contributed by atoms with van der Waals surface area (Å²) >= 11 is 0. The van der Waals surface area contributed by atoms with Gasteiger partial charge in [-0.1, -0.05) is 182 Å². The van der Waals surface area contributed by atoms with Crippen molar-refractivity contribution in [3.05, 3.63) is 237 Å². The lowest BCUT2D eigenvalue weighted by atomic mass is 9.94. The lowest BCUT2D eigenvalue weighted by Crippen LogP contribution is -2.09. The number of hydrogen-bond acceptors (Lipinski definition) is 3. The minimum absolute atomic E-state index is 0.853. The Morgan fingerprint density at radius 1 is 0.238 bits per heavy atom. The zero-order valence-electron chi connectivity index (χ0n) is 34.3. The summed E-state index contributed by atoms with van der Waals surface area (Å²) in [6, 6.07) is 83.9. The third-order valence-corrected chi connectivity index (χ3v) is 12.3. The van der Waals surface area contributed by atoms with E-state index in [1.165, 1.54) is 22.3 Å². The molecule has 0 saturated carbocycles. The number of hydrogen-bond donors (Lipinski definition) is 0. The summed E-state index contributed by atoms with van der Waals surface area (Å²) in [5, 5.41) is 4.35. The fourth-order valence-electron chi connectivity index (χ4n) is 9.19. The number of rotatable bonds is 8. The molecule has 0 atom stereocenters. The number of anilines is 3. The Balaban J connectivity index is 1.02.